The van der Waals surface area contributed by atoms with Crippen molar-refractivity contribution in [3.63, 3.8) is 0 Å². The predicted molar refractivity (Wildman–Crippen MR) is 118 cm³/mol. The minimum atomic E-state index is -0.761. The number of hydrogen-bond donors (Lipinski definition) is 1. The highest BCUT2D eigenvalue weighted by Gasteiger charge is 2.53. The van der Waals surface area contributed by atoms with Crippen LogP contribution in [0.5, 0.6) is 0 Å². The van der Waals surface area contributed by atoms with Crippen LogP contribution in [0.2, 0.25) is 0 Å². The Morgan fingerprint density at radius 3 is 2.63 bits per heavy atom. The fraction of sp³-hybridized carbons (Fsp3) is 0.500. The summed E-state index contributed by atoms with van der Waals surface area (Å²) in [6.45, 7) is 3.11. The summed E-state index contributed by atoms with van der Waals surface area (Å²) in [5.41, 5.74) is 1.75. The SMILES string of the molecule is C[C@]1(C2CCCCC2)NC(=O)N(CN2CCc3sccc3[C@@H]2c2ccccc2)C1=O. The second-order valence-electron chi connectivity index (χ2n) is 9.02. The van der Waals surface area contributed by atoms with Crippen LogP contribution in [0.4, 0.5) is 4.79 Å². The molecule has 5 rings (SSSR count). The number of carbonyl (C=O) groups is 2. The summed E-state index contributed by atoms with van der Waals surface area (Å²) >= 11 is 1.80. The largest absolute Gasteiger partial charge is 0.326 e. The van der Waals surface area contributed by atoms with E-state index in [-0.39, 0.29) is 23.9 Å². The topological polar surface area (TPSA) is 52.7 Å². The van der Waals surface area contributed by atoms with E-state index in [4.69, 9.17) is 0 Å². The number of urea groups is 1. The third-order valence-electron chi connectivity index (χ3n) is 7.23. The summed E-state index contributed by atoms with van der Waals surface area (Å²) in [7, 11) is 0. The van der Waals surface area contributed by atoms with Crippen molar-refractivity contribution in [3.8, 4) is 0 Å². The van der Waals surface area contributed by atoms with Crippen LogP contribution in [0, 0.1) is 5.92 Å². The minimum absolute atomic E-state index is 0.0534. The number of benzene rings is 1. The maximum absolute atomic E-state index is 13.5. The van der Waals surface area contributed by atoms with E-state index < -0.39 is 5.54 Å². The number of nitrogens with one attached hydrogen (secondary N) is 1. The highest BCUT2D eigenvalue weighted by Crippen LogP contribution is 2.40. The Hall–Kier alpha value is -2.18. The molecule has 1 aliphatic carbocycles. The van der Waals surface area contributed by atoms with E-state index in [2.05, 4.69) is 45.9 Å². The van der Waals surface area contributed by atoms with Crippen LogP contribution < -0.4 is 5.32 Å². The average molecular weight is 424 g/mol. The summed E-state index contributed by atoms with van der Waals surface area (Å²) < 4.78 is 0. The number of imide groups is 1. The maximum Gasteiger partial charge on any atom is 0.326 e. The molecule has 0 unspecified atom stereocenters. The van der Waals surface area contributed by atoms with Crippen LogP contribution in [0.15, 0.2) is 41.8 Å². The van der Waals surface area contributed by atoms with Crippen LogP contribution in [-0.2, 0) is 11.2 Å². The van der Waals surface area contributed by atoms with Crippen molar-refractivity contribution < 1.29 is 9.59 Å². The van der Waals surface area contributed by atoms with Gasteiger partial charge in [-0.1, -0.05) is 49.6 Å². The molecular weight excluding hydrogens is 394 g/mol. The Bertz CT molecular complexity index is 937. The fourth-order valence-corrected chi connectivity index (χ4v) is 6.43. The molecule has 0 spiro atoms. The Morgan fingerprint density at radius 1 is 1.10 bits per heavy atom. The van der Waals surface area contributed by atoms with E-state index in [9.17, 15) is 9.59 Å². The number of thiophene rings is 1. The minimum Gasteiger partial charge on any atom is -0.323 e. The van der Waals surface area contributed by atoms with Crippen molar-refractivity contribution in [3.05, 3.63) is 57.8 Å². The third kappa shape index (κ3) is 3.26. The average Bonchev–Trinajstić information content (AvgIpc) is 3.34. The van der Waals surface area contributed by atoms with Gasteiger partial charge in [-0.3, -0.25) is 9.69 Å². The molecule has 2 aromatic rings. The molecule has 1 N–H and O–H groups in total. The first kappa shape index (κ1) is 19.8. The van der Waals surface area contributed by atoms with Crippen molar-refractivity contribution in [2.75, 3.05) is 13.2 Å². The molecule has 0 bridgehead atoms. The summed E-state index contributed by atoms with van der Waals surface area (Å²) in [4.78, 5) is 31.5. The number of rotatable bonds is 4. The molecule has 30 heavy (non-hydrogen) atoms. The van der Waals surface area contributed by atoms with E-state index in [1.807, 2.05) is 13.0 Å². The quantitative estimate of drug-likeness (QED) is 0.735. The van der Waals surface area contributed by atoms with Gasteiger partial charge in [0.05, 0.1) is 12.7 Å². The van der Waals surface area contributed by atoms with Gasteiger partial charge in [-0.05, 0) is 54.7 Å². The van der Waals surface area contributed by atoms with Crippen molar-refractivity contribution in [1.29, 1.82) is 0 Å². The summed E-state index contributed by atoms with van der Waals surface area (Å²) in [5.74, 6) is 0.185. The normalized spacial score (nSPS) is 27.9. The van der Waals surface area contributed by atoms with Gasteiger partial charge in [0.2, 0.25) is 0 Å². The smallest absolute Gasteiger partial charge is 0.323 e. The number of carbonyl (C=O) groups excluding carboxylic acids is 2. The zero-order valence-corrected chi connectivity index (χ0v) is 18.3. The van der Waals surface area contributed by atoms with Crippen LogP contribution >= 0.6 is 11.3 Å². The molecule has 3 aliphatic rings. The van der Waals surface area contributed by atoms with Crippen molar-refractivity contribution >= 4 is 23.3 Å². The lowest BCUT2D eigenvalue weighted by molar-refractivity contribution is -0.134. The summed E-state index contributed by atoms with van der Waals surface area (Å²) in [6.07, 6.45) is 6.52. The lowest BCUT2D eigenvalue weighted by atomic mass is 9.75. The molecule has 2 atom stereocenters. The third-order valence-corrected chi connectivity index (χ3v) is 8.22. The molecule has 158 valence electrons. The number of nitrogens with zero attached hydrogens (tertiary/aromatic N) is 2. The molecule has 3 amide bonds. The van der Waals surface area contributed by atoms with Crippen LogP contribution in [0.1, 0.15) is 61.1 Å². The van der Waals surface area contributed by atoms with Crippen molar-refractivity contribution in [2.45, 2.75) is 57.0 Å². The number of hydrogen-bond acceptors (Lipinski definition) is 4. The molecule has 1 saturated heterocycles. The first-order chi connectivity index (χ1) is 14.6. The van der Waals surface area contributed by atoms with Gasteiger partial charge < -0.3 is 5.32 Å². The van der Waals surface area contributed by atoms with Gasteiger partial charge in [0.15, 0.2) is 0 Å². The van der Waals surface area contributed by atoms with Gasteiger partial charge >= 0.3 is 6.03 Å². The van der Waals surface area contributed by atoms with Crippen LogP contribution in [0.3, 0.4) is 0 Å². The Labute approximate surface area is 182 Å². The van der Waals surface area contributed by atoms with E-state index in [1.54, 1.807) is 11.3 Å². The van der Waals surface area contributed by atoms with Gasteiger partial charge in [-0.2, -0.15) is 0 Å². The zero-order chi connectivity index (χ0) is 20.7. The molecule has 0 radical (unpaired) electrons. The van der Waals surface area contributed by atoms with Gasteiger partial charge in [-0.15, -0.1) is 11.3 Å². The van der Waals surface area contributed by atoms with Gasteiger partial charge in [0, 0.05) is 11.4 Å². The number of fused-ring (bicyclic) bond motifs is 1. The molecule has 1 aromatic heterocycles. The summed E-state index contributed by atoms with van der Waals surface area (Å²) in [6, 6.07) is 12.5. The van der Waals surface area contributed by atoms with Gasteiger partial charge in [0.25, 0.3) is 5.91 Å². The van der Waals surface area contributed by atoms with E-state index >= 15 is 0 Å². The standard InChI is InChI=1S/C24H29N3O2S/c1-24(18-10-6-3-7-11-18)22(28)27(23(29)25-24)16-26-14-12-20-19(13-15-30-20)21(26)17-8-4-2-5-9-17/h2,4-5,8-9,13,15,18,21H,3,6-7,10-12,14,16H2,1H3,(H,25,29)/t21-,24+/m0/s1. The highest BCUT2D eigenvalue weighted by atomic mass is 32.1. The monoisotopic (exact) mass is 423 g/mol. The first-order valence-electron chi connectivity index (χ1n) is 11.1. The molecule has 2 fully saturated rings. The lowest BCUT2D eigenvalue weighted by Crippen LogP contribution is -2.52. The number of amides is 3. The molecule has 6 heteroatoms. The van der Waals surface area contributed by atoms with E-state index in [1.165, 1.54) is 27.3 Å². The maximum atomic E-state index is 13.5. The van der Waals surface area contributed by atoms with Gasteiger partial charge in [-0.25, -0.2) is 9.69 Å². The highest BCUT2D eigenvalue weighted by molar-refractivity contribution is 7.10. The van der Waals surface area contributed by atoms with Crippen LogP contribution in [0.25, 0.3) is 0 Å². The molecule has 1 saturated carbocycles. The molecule has 1 aromatic carbocycles. The lowest BCUT2D eigenvalue weighted by Gasteiger charge is -2.38. The molecule has 2 aliphatic heterocycles. The Morgan fingerprint density at radius 2 is 1.87 bits per heavy atom. The fourth-order valence-electron chi connectivity index (χ4n) is 5.53. The molecule has 5 nitrogen and oxygen atoms in total. The van der Waals surface area contributed by atoms with Crippen LogP contribution in [-0.4, -0.2) is 40.5 Å². The molecule has 3 heterocycles. The molecular formula is C24H29N3O2S. The van der Waals surface area contributed by atoms with Crippen molar-refractivity contribution in [1.82, 2.24) is 15.1 Å². The first-order valence-corrected chi connectivity index (χ1v) is 12.0. The Balaban J connectivity index is 1.42. The van der Waals surface area contributed by atoms with Crippen molar-refractivity contribution in [2.24, 2.45) is 5.92 Å². The Kier molecular flexibility index (Phi) is 5.15. The summed E-state index contributed by atoms with van der Waals surface area (Å²) in [5, 5.41) is 5.22. The van der Waals surface area contributed by atoms with E-state index in [0.717, 1.165) is 38.6 Å². The van der Waals surface area contributed by atoms with E-state index in [0.29, 0.717) is 6.67 Å². The zero-order valence-electron chi connectivity index (χ0n) is 17.5. The predicted octanol–water partition coefficient (Wildman–Crippen LogP) is 4.54. The van der Waals surface area contributed by atoms with Gasteiger partial charge in [0.1, 0.15) is 5.54 Å². The second-order valence-corrected chi connectivity index (χ2v) is 10.0. The second kappa shape index (κ2) is 7.82.